The van der Waals surface area contributed by atoms with Crippen molar-refractivity contribution in [3.8, 4) is 0 Å². The van der Waals surface area contributed by atoms with Gasteiger partial charge in [-0.1, -0.05) is 103 Å². The van der Waals surface area contributed by atoms with Gasteiger partial charge in [-0.2, -0.15) is 5.01 Å². The van der Waals surface area contributed by atoms with Gasteiger partial charge in [-0.25, -0.2) is 9.91 Å². The summed E-state index contributed by atoms with van der Waals surface area (Å²) in [6.45, 7) is 0.812. The van der Waals surface area contributed by atoms with E-state index in [0.717, 1.165) is 24.1 Å². The Balaban J connectivity index is 0.000000804. The van der Waals surface area contributed by atoms with Gasteiger partial charge in [0.15, 0.2) is 5.66 Å². The summed E-state index contributed by atoms with van der Waals surface area (Å²) in [5.41, 5.74) is 5.22. The van der Waals surface area contributed by atoms with Crippen molar-refractivity contribution in [3.63, 3.8) is 0 Å². The van der Waals surface area contributed by atoms with Gasteiger partial charge in [0.25, 0.3) is 5.91 Å². The first-order valence-electron chi connectivity index (χ1n) is 12.5. The second-order valence-corrected chi connectivity index (χ2v) is 10.2. The van der Waals surface area contributed by atoms with Crippen LogP contribution in [-0.2, 0) is 12.1 Å². The smallest absolute Gasteiger partial charge is 0.268 e. The topological polar surface area (TPSA) is 26.6 Å². The van der Waals surface area contributed by atoms with Crippen LogP contribution in [0.15, 0.2) is 115 Å². The summed E-state index contributed by atoms with van der Waals surface area (Å²) in [5, 5.41) is 4.58. The van der Waals surface area contributed by atoms with Crippen LogP contribution in [0.2, 0.25) is 0 Å². The molecule has 0 aromatic heterocycles. The van der Waals surface area contributed by atoms with E-state index in [2.05, 4.69) is 93.8 Å². The van der Waals surface area contributed by atoms with Crippen molar-refractivity contribution in [2.45, 2.75) is 24.3 Å². The van der Waals surface area contributed by atoms with E-state index >= 15 is 0 Å². The first-order chi connectivity index (χ1) is 18.2. The molecule has 0 saturated carbocycles. The van der Waals surface area contributed by atoms with Crippen molar-refractivity contribution in [2.24, 2.45) is 0 Å². The largest absolute Gasteiger partial charge is 0.270 e. The van der Waals surface area contributed by atoms with Crippen molar-refractivity contribution in [1.29, 1.82) is 0 Å². The number of alkyl halides is 2. The second kappa shape index (κ2) is 9.96. The maximum absolute atomic E-state index is 14.3. The molecule has 3 heterocycles. The fourth-order valence-electron chi connectivity index (χ4n) is 6.20. The summed E-state index contributed by atoms with van der Waals surface area (Å²) >= 11 is 9.53. The molecule has 0 bridgehead atoms. The molecule has 4 nitrogen and oxygen atoms in total. The van der Waals surface area contributed by atoms with Gasteiger partial charge in [-0.3, -0.25) is 4.79 Å². The van der Waals surface area contributed by atoms with Crippen LogP contribution in [0, 0.1) is 0 Å². The number of nitrogens with zero attached hydrogens (tertiary/aromatic N) is 3. The summed E-state index contributed by atoms with van der Waals surface area (Å²) in [4.78, 5) is 16.8. The SMILES string of the molecule is ClCCl.O=C(c1ccccc1)N1N2CCc3ccccc3[C@H]2N2[C@@H](c3ccccc3)[C@@]21c1ccccc1. The van der Waals surface area contributed by atoms with E-state index < -0.39 is 5.66 Å². The van der Waals surface area contributed by atoms with Crippen LogP contribution in [0.3, 0.4) is 0 Å². The predicted octanol–water partition coefficient (Wildman–Crippen LogP) is 6.95. The van der Waals surface area contributed by atoms with E-state index in [4.69, 9.17) is 23.2 Å². The quantitative estimate of drug-likeness (QED) is 0.213. The Hall–Kier alpha value is -3.15. The molecule has 3 aliphatic heterocycles. The first-order valence-corrected chi connectivity index (χ1v) is 13.5. The number of carbonyl (C=O) groups is 1. The molecule has 186 valence electrons. The Morgan fingerprint density at radius 1 is 0.784 bits per heavy atom. The molecule has 2 saturated heterocycles. The number of benzene rings is 4. The highest BCUT2D eigenvalue weighted by Crippen LogP contribution is 2.72. The zero-order valence-corrected chi connectivity index (χ0v) is 21.8. The minimum atomic E-state index is -0.558. The number of hydrogen-bond donors (Lipinski definition) is 0. The molecule has 0 radical (unpaired) electrons. The van der Waals surface area contributed by atoms with Gasteiger partial charge in [-0.15, -0.1) is 23.2 Å². The second-order valence-electron chi connectivity index (χ2n) is 9.38. The molecule has 0 spiro atoms. The highest BCUT2D eigenvalue weighted by Gasteiger charge is 2.78. The van der Waals surface area contributed by atoms with Crippen molar-refractivity contribution >= 4 is 29.1 Å². The molecule has 1 amide bonds. The third kappa shape index (κ3) is 3.79. The fourth-order valence-corrected chi connectivity index (χ4v) is 6.20. The molecule has 0 aliphatic carbocycles. The lowest BCUT2D eigenvalue weighted by Gasteiger charge is -2.41. The zero-order chi connectivity index (χ0) is 25.4. The molecular formula is C31H27Cl2N3O. The van der Waals surface area contributed by atoms with E-state index in [1.807, 2.05) is 36.4 Å². The lowest BCUT2D eigenvalue weighted by molar-refractivity contribution is -0.0480. The van der Waals surface area contributed by atoms with E-state index in [9.17, 15) is 4.79 Å². The molecule has 6 heteroatoms. The zero-order valence-electron chi connectivity index (χ0n) is 20.3. The van der Waals surface area contributed by atoms with Crippen molar-refractivity contribution in [2.75, 3.05) is 11.9 Å². The van der Waals surface area contributed by atoms with Gasteiger partial charge >= 0.3 is 0 Å². The first kappa shape index (κ1) is 24.2. The normalized spacial score (nSPS) is 25.2. The standard InChI is InChI=1S/C30H25N3O.CH2Cl2/c34-29(24-15-6-2-7-16-24)33-30(25-17-8-3-9-18-25)27(23-13-4-1-5-14-23)32(30)28-26-19-11-10-12-22(26)20-21-31(28)33;2-1-3/h1-19,27-28H,20-21H2;1H2/t27-,28+,30-,32?;/m0./s1. The minimum Gasteiger partial charge on any atom is -0.268 e. The average molecular weight is 528 g/mol. The summed E-state index contributed by atoms with van der Waals surface area (Å²) in [6, 6.07) is 39.7. The van der Waals surface area contributed by atoms with Gasteiger partial charge in [-0.05, 0) is 40.8 Å². The van der Waals surface area contributed by atoms with Gasteiger partial charge in [0.1, 0.15) is 6.17 Å². The summed E-state index contributed by atoms with van der Waals surface area (Å²) in [5.74, 6) is 0.0507. The molecule has 7 rings (SSSR count). The maximum atomic E-state index is 14.3. The van der Waals surface area contributed by atoms with Crippen LogP contribution < -0.4 is 0 Å². The number of fused-ring (bicyclic) bond motifs is 5. The molecule has 4 aromatic carbocycles. The lowest BCUT2D eigenvalue weighted by Crippen LogP contribution is -2.52. The number of rotatable bonds is 3. The number of amides is 1. The van der Waals surface area contributed by atoms with Crippen LogP contribution in [0.25, 0.3) is 0 Å². The van der Waals surface area contributed by atoms with E-state index in [1.54, 1.807) is 0 Å². The van der Waals surface area contributed by atoms with Crippen LogP contribution in [-0.4, -0.2) is 32.7 Å². The van der Waals surface area contributed by atoms with Crippen molar-refractivity contribution in [1.82, 2.24) is 14.9 Å². The van der Waals surface area contributed by atoms with Crippen LogP contribution in [0.1, 0.15) is 44.8 Å². The Morgan fingerprint density at radius 2 is 1.35 bits per heavy atom. The number of hydrogen-bond acceptors (Lipinski definition) is 3. The minimum absolute atomic E-state index is 0.0167. The van der Waals surface area contributed by atoms with Crippen molar-refractivity contribution < 1.29 is 4.79 Å². The highest BCUT2D eigenvalue weighted by atomic mass is 35.5. The van der Waals surface area contributed by atoms with Gasteiger partial charge in [0, 0.05) is 12.1 Å². The van der Waals surface area contributed by atoms with Crippen LogP contribution in [0.4, 0.5) is 0 Å². The third-order valence-corrected chi connectivity index (χ3v) is 7.58. The fraction of sp³-hybridized carbons (Fsp3) is 0.194. The Kier molecular flexibility index (Phi) is 6.51. The molecule has 2 fully saturated rings. The monoisotopic (exact) mass is 527 g/mol. The third-order valence-electron chi connectivity index (χ3n) is 7.58. The maximum Gasteiger partial charge on any atom is 0.270 e. The number of carbonyl (C=O) groups excluding carboxylic acids is 1. The predicted molar refractivity (Wildman–Crippen MR) is 148 cm³/mol. The highest BCUT2D eigenvalue weighted by molar-refractivity contribution is 6.40. The lowest BCUT2D eigenvalue weighted by atomic mass is 9.96. The van der Waals surface area contributed by atoms with Gasteiger partial charge in [0.05, 0.1) is 11.4 Å². The average Bonchev–Trinajstić information content (AvgIpc) is 3.54. The van der Waals surface area contributed by atoms with Gasteiger partial charge < -0.3 is 0 Å². The summed E-state index contributed by atoms with van der Waals surface area (Å²) < 4.78 is 0. The Labute approximate surface area is 227 Å². The molecule has 0 N–H and O–H groups in total. The van der Waals surface area contributed by atoms with E-state index in [0.29, 0.717) is 0 Å². The van der Waals surface area contributed by atoms with Crippen LogP contribution >= 0.6 is 23.2 Å². The Morgan fingerprint density at radius 3 is 2.03 bits per heavy atom. The van der Waals surface area contributed by atoms with E-state index in [-0.39, 0.29) is 23.5 Å². The number of halogens is 2. The van der Waals surface area contributed by atoms with Crippen LogP contribution in [0.5, 0.6) is 0 Å². The molecular weight excluding hydrogens is 501 g/mol. The Bertz CT molecular complexity index is 1390. The number of hydrazine groups is 1. The molecule has 3 aliphatic rings. The molecule has 1 unspecified atom stereocenters. The summed E-state index contributed by atoms with van der Waals surface area (Å²) in [6.07, 6.45) is 0.947. The van der Waals surface area contributed by atoms with Crippen molar-refractivity contribution in [3.05, 3.63) is 143 Å². The van der Waals surface area contributed by atoms with E-state index in [1.165, 1.54) is 16.7 Å². The van der Waals surface area contributed by atoms with Gasteiger partial charge in [0.2, 0.25) is 0 Å². The summed E-state index contributed by atoms with van der Waals surface area (Å²) in [7, 11) is 0. The molecule has 4 atom stereocenters. The molecule has 4 aromatic rings. The molecule has 37 heavy (non-hydrogen) atoms.